The first-order valence-corrected chi connectivity index (χ1v) is 4.65. The predicted molar refractivity (Wildman–Crippen MR) is 55.5 cm³/mol. The summed E-state index contributed by atoms with van der Waals surface area (Å²) in [7, 11) is 1.80. The average molecular weight is 215 g/mol. The molecule has 2 heterocycles. The standard InChI is InChI=1S/C10H9N5O/c1-14-7-12-13-9(14)6-15-4-2-3-8(5-11)10(15)16/h2-4,7H,6H2,1H3. The molecule has 0 spiro atoms. The van der Waals surface area contributed by atoms with Gasteiger partial charge in [0.15, 0.2) is 5.82 Å². The van der Waals surface area contributed by atoms with Gasteiger partial charge in [-0.15, -0.1) is 10.2 Å². The maximum atomic E-state index is 11.7. The van der Waals surface area contributed by atoms with E-state index in [1.165, 1.54) is 10.6 Å². The van der Waals surface area contributed by atoms with E-state index < -0.39 is 0 Å². The zero-order valence-electron chi connectivity index (χ0n) is 8.66. The first-order valence-electron chi connectivity index (χ1n) is 4.65. The number of hydrogen-bond donors (Lipinski definition) is 0. The smallest absolute Gasteiger partial charge is 0.268 e. The summed E-state index contributed by atoms with van der Waals surface area (Å²) in [6.07, 6.45) is 3.19. The van der Waals surface area contributed by atoms with Gasteiger partial charge in [0, 0.05) is 13.2 Å². The molecule has 0 atom stereocenters. The van der Waals surface area contributed by atoms with Crippen molar-refractivity contribution in [3.05, 3.63) is 46.4 Å². The van der Waals surface area contributed by atoms with E-state index >= 15 is 0 Å². The monoisotopic (exact) mass is 215 g/mol. The minimum Gasteiger partial charge on any atom is -0.319 e. The molecule has 0 N–H and O–H groups in total. The molecule has 16 heavy (non-hydrogen) atoms. The fraction of sp³-hybridized carbons (Fsp3) is 0.200. The van der Waals surface area contributed by atoms with Crippen LogP contribution in [-0.2, 0) is 13.6 Å². The van der Waals surface area contributed by atoms with Crippen LogP contribution < -0.4 is 5.56 Å². The van der Waals surface area contributed by atoms with Crippen molar-refractivity contribution in [1.29, 1.82) is 5.26 Å². The van der Waals surface area contributed by atoms with E-state index in [-0.39, 0.29) is 11.1 Å². The fourth-order valence-corrected chi connectivity index (χ4v) is 1.35. The van der Waals surface area contributed by atoms with Crippen LogP contribution in [0.25, 0.3) is 0 Å². The highest BCUT2D eigenvalue weighted by molar-refractivity contribution is 5.25. The fourth-order valence-electron chi connectivity index (χ4n) is 1.35. The summed E-state index contributed by atoms with van der Waals surface area (Å²) in [5.74, 6) is 0.664. The molecule has 0 amide bonds. The molecule has 6 heteroatoms. The van der Waals surface area contributed by atoms with Gasteiger partial charge in [0.25, 0.3) is 5.56 Å². The highest BCUT2D eigenvalue weighted by Crippen LogP contribution is 1.96. The third-order valence-corrected chi connectivity index (χ3v) is 2.26. The molecule has 0 aliphatic carbocycles. The van der Waals surface area contributed by atoms with Gasteiger partial charge in [0.1, 0.15) is 18.0 Å². The number of hydrogen-bond acceptors (Lipinski definition) is 4. The van der Waals surface area contributed by atoms with Gasteiger partial charge in [0.05, 0.1) is 6.54 Å². The topological polar surface area (TPSA) is 76.5 Å². The molecule has 0 unspecified atom stereocenters. The van der Waals surface area contributed by atoms with Crippen LogP contribution >= 0.6 is 0 Å². The van der Waals surface area contributed by atoms with Gasteiger partial charge in [-0.25, -0.2) is 0 Å². The van der Waals surface area contributed by atoms with Crippen LogP contribution in [0.3, 0.4) is 0 Å². The normalized spacial score (nSPS) is 10.0. The summed E-state index contributed by atoms with van der Waals surface area (Å²) in [4.78, 5) is 11.7. The highest BCUT2D eigenvalue weighted by atomic mass is 16.1. The quantitative estimate of drug-likeness (QED) is 0.700. The van der Waals surface area contributed by atoms with Crippen molar-refractivity contribution < 1.29 is 0 Å². The van der Waals surface area contributed by atoms with E-state index in [0.29, 0.717) is 12.4 Å². The third kappa shape index (κ3) is 1.70. The molecule has 6 nitrogen and oxygen atoms in total. The molecule has 0 saturated heterocycles. The lowest BCUT2D eigenvalue weighted by molar-refractivity contribution is 0.675. The first-order chi connectivity index (χ1) is 7.72. The molecule has 0 bridgehead atoms. The Hall–Kier alpha value is -2.42. The lowest BCUT2D eigenvalue weighted by Crippen LogP contribution is -2.23. The Kier molecular flexibility index (Phi) is 2.52. The molecule has 2 aromatic rings. The largest absolute Gasteiger partial charge is 0.319 e. The van der Waals surface area contributed by atoms with Crippen molar-refractivity contribution in [3.63, 3.8) is 0 Å². The second-order valence-corrected chi connectivity index (χ2v) is 3.32. The van der Waals surface area contributed by atoms with Crippen LogP contribution in [0.4, 0.5) is 0 Å². The Morgan fingerprint density at radius 3 is 3.00 bits per heavy atom. The summed E-state index contributed by atoms with van der Waals surface area (Å²) in [6, 6.07) is 5.01. The molecule has 2 aromatic heterocycles. The highest BCUT2D eigenvalue weighted by Gasteiger charge is 2.05. The summed E-state index contributed by atoms with van der Waals surface area (Å²) in [6.45, 7) is 0.310. The van der Waals surface area contributed by atoms with E-state index in [1.807, 2.05) is 6.07 Å². The minimum absolute atomic E-state index is 0.129. The molecular weight excluding hydrogens is 206 g/mol. The van der Waals surface area contributed by atoms with Crippen LogP contribution in [0.2, 0.25) is 0 Å². The minimum atomic E-state index is -0.312. The number of rotatable bonds is 2. The zero-order valence-corrected chi connectivity index (χ0v) is 8.66. The van der Waals surface area contributed by atoms with Crippen molar-refractivity contribution in [3.8, 4) is 6.07 Å². The second-order valence-electron chi connectivity index (χ2n) is 3.32. The Balaban J connectivity index is 2.41. The van der Waals surface area contributed by atoms with Crippen LogP contribution in [-0.4, -0.2) is 19.3 Å². The summed E-state index contributed by atoms with van der Waals surface area (Å²) < 4.78 is 3.16. The van der Waals surface area contributed by atoms with Gasteiger partial charge in [-0.3, -0.25) is 4.79 Å². The van der Waals surface area contributed by atoms with E-state index in [9.17, 15) is 4.79 Å². The molecule has 0 radical (unpaired) electrons. The predicted octanol–water partition coefficient (Wildman–Crippen LogP) is -0.103. The number of aromatic nitrogens is 4. The number of nitrogens with zero attached hydrogens (tertiary/aromatic N) is 5. The van der Waals surface area contributed by atoms with Crippen molar-refractivity contribution in [2.75, 3.05) is 0 Å². The van der Waals surface area contributed by atoms with Gasteiger partial charge in [0.2, 0.25) is 0 Å². The Bertz CT molecular complexity index is 604. The second kappa shape index (κ2) is 3.98. The van der Waals surface area contributed by atoms with Crippen LogP contribution in [0.1, 0.15) is 11.4 Å². The molecule has 0 saturated carbocycles. The number of aryl methyl sites for hydroxylation is 1. The van der Waals surface area contributed by atoms with Crippen LogP contribution in [0, 0.1) is 11.3 Å². The van der Waals surface area contributed by atoms with Gasteiger partial charge in [-0.1, -0.05) is 0 Å². The maximum Gasteiger partial charge on any atom is 0.268 e. The Morgan fingerprint density at radius 2 is 2.38 bits per heavy atom. The third-order valence-electron chi connectivity index (χ3n) is 2.26. The molecule has 80 valence electrons. The van der Waals surface area contributed by atoms with Crippen molar-refractivity contribution in [1.82, 2.24) is 19.3 Å². The van der Waals surface area contributed by atoms with Crippen molar-refractivity contribution >= 4 is 0 Å². The average Bonchev–Trinajstić information content (AvgIpc) is 2.68. The van der Waals surface area contributed by atoms with E-state index in [2.05, 4.69) is 10.2 Å². The number of nitriles is 1. The van der Waals surface area contributed by atoms with Crippen molar-refractivity contribution in [2.24, 2.45) is 7.05 Å². The van der Waals surface area contributed by atoms with Crippen molar-refractivity contribution in [2.45, 2.75) is 6.54 Å². The molecule has 0 aliphatic heterocycles. The van der Waals surface area contributed by atoms with E-state index in [4.69, 9.17) is 5.26 Å². The molecule has 0 fully saturated rings. The van der Waals surface area contributed by atoms with E-state index in [0.717, 1.165) is 0 Å². The lowest BCUT2D eigenvalue weighted by atomic mass is 10.3. The van der Waals surface area contributed by atoms with E-state index in [1.54, 1.807) is 30.2 Å². The van der Waals surface area contributed by atoms with Gasteiger partial charge in [-0.05, 0) is 12.1 Å². The van der Waals surface area contributed by atoms with Crippen LogP contribution in [0.5, 0.6) is 0 Å². The van der Waals surface area contributed by atoms with Gasteiger partial charge >= 0.3 is 0 Å². The zero-order chi connectivity index (χ0) is 11.5. The van der Waals surface area contributed by atoms with Gasteiger partial charge < -0.3 is 9.13 Å². The molecular formula is C10H9N5O. The Morgan fingerprint density at radius 1 is 1.56 bits per heavy atom. The molecule has 0 aromatic carbocycles. The summed E-state index contributed by atoms with van der Waals surface area (Å²) in [5.41, 5.74) is -0.183. The number of pyridine rings is 1. The first kappa shape index (κ1) is 10.1. The molecule has 2 rings (SSSR count). The lowest BCUT2D eigenvalue weighted by Gasteiger charge is -2.04. The maximum absolute atomic E-state index is 11.7. The summed E-state index contributed by atoms with van der Waals surface area (Å²) in [5, 5.41) is 16.3. The molecule has 0 aliphatic rings. The van der Waals surface area contributed by atoms with Gasteiger partial charge in [-0.2, -0.15) is 5.26 Å². The summed E-state index contributed by atoms with van der Waals surface area (Å²) >= 11 is 0. The SMILES string of the molecule is Cn1cnnc1Cn1cccc(C#N)c1=O. The van der Waals surface area contributed by atoms with Crippen LogP contribution in [0.15, 0.2) is 29.5 Å². The Labute approximate surface area is 91.4 Å².